The molecule has 4 N–H and O–H groups in total. The number of aromatic amines is 1. The Bertz CT molecular complexity index is 1040. The lowest BCUT2D eigenvalue weighted by molar-refractivity contribution is 0.210. The molecule has 0 aliphatic heterocycles. The minimum Gasteiger partial charge on any atom is -0.398 e. The van der Waals surface area contributed by atoms with Crippen LogP contribution in [0.4, 0.5) is 11.5 Å². The first-order chi connectivity index (χ1) is 12.3. The fourth-order valence-electron chi connectivity index (χ4n) is 3.05. The minimum absolute atomic E-state index is 0.617. The predicted molar refractivity (Wildman–Crippen MR) is 102 cm³/mol. The van der Waals surface area contributed by atoms with Gasteiger partial charge in [0.15, 0.2) is 0 Å². The van der Waals surface area contributed by atoms with Gasteiger partial charge in [0.2, 0.25) is 0 Å². The maximum Gasteiger partial charge on any atom is 0.140 e. The molecule has 4 rings (SSSR count). The molecule has 4 aromatic rings. The molecule has 0 saturated heterocycles. The molecule has 25 heavy (non-hydrogen) atoms. The SMILES string of the molecule is COCCNc1cc(-c2cccc3c(N)ccnc23)c2cc[nH]c2n1. The van der Waals surface area contributed by atoms with E-state index in [1.165, 1.54) is 0 Å². The number of anilines is 2. The highest BCUT2D eigenvalue weighted by atomic mass is 16.5. The standard InChI is InChI=1S/C19H19N5O/c1-25-10-9-21-17-11-15(13-5-7-23-19(13)24-17)12-3-2-4-14-16(20)6-8-22-18(12)14/h2-8,11H,9-10H2,1H3,(H2,20,22)(H2,21,23,24). The van der Waals surface area contributed by atoms with Crippen LogP contribution >= 0.6 is 0 Å². The van der Waals surface area contributed by atoms with Crippen LogP contribution in [0.2, 0.25) is 0 Å². The zero-order valence-corrected chi connectivity index (χ0v) is 13.9. The first-order valence-corrected chi connectivity index (χ1v) is 8.12. The second kappa shape index (κ2) is 6.41. The Morgan fingerprint density at radius 3 is 2.96 bits per heavy atom. The summed E-state index contributed by atoms with van der Waals surface area (Å²) in [7, 11) is 1.68. The van der Waals surface area contributed by atoms with Gasteiger partial charge in [-0.2, -0.15) is 0 Å². The first-order valence-electron chi connectivity index (χ1n) is 8.12. The van der Waals surface area contributed by atoms with Crippen LogP contribution in [0.25, 0.3) is 33.1 Å². The summed E-state index contributed by atoms with van der Waals surface area (Å²) in [5, 5.41) is 5.30. The largest absolute Gasteiger partial charge is 0.398 e. The van der Waals surface area contributed by atoms with Gasteiger partial charge in [-0.1, -0.05) is 18.2 Å². The second-order valence-electron chi connectivity index (χ2n) is 5.82. The number of pyridine rings is 2. The summed E-state index contributed by atoms with van der Waals surface area (Å²) in [6.45, 7) is 1.31. The Kier molecular flexibility index (Phi) is 3.95. The number of nitrogens with one attached hydrogen (secondary N) is 2. The van der Waals surface area contributed by atoms with E-state index in [4.69, 9.17) is 10.5 Å². The second-order valence-corrected chi connectivity index (χ2v) is 5.82. The van der Waals surface area contributed by atoms with E-state index in [1.54, 1.807) is 13.3 Å². The summed E-state index contributed by atoms with van der Waals surface area (Å²) < 4.78 is 5.10. The Hall–Kier alpha value is -3.12. The normalized spacial score (nSPS) is 11.2. The van der Waals surface area contributed by atoms with E-state index in [0.717, 1.165) is 44.6 Å². The van der Waals surface area contributed by atoms with E-state index in [9.17, 15) is 0 Å². The first kappa shape index (κ1) is 15.4. The van der Waals surface area contributed by atoms with Crippen LogP contribution in [-0.2, 0) is 4.74 Å². The fourth-order valence-corrected chi connectivity index (χ4v) is 3.05. The van der Waals surface area contributed by atoms with Gasteiger partial charge in [0.1, 0.15) is 11.5 Å². The maximum absolute atomic E-state index is 6.12. The third kappa shape index (κ3) is 2.77. The number of ether oxygens (including phenoxy) is 1. The smallest absolute Gasteiger partial charge is 0.140 e. The fraction of sp³-hybridized carbons (Fsp3) is 0.158. The Labute approximate surface area is 145 Å². The Morgan fingerprint density at radius 1 is 1.16 bits per heavy atom. The molecule has 0 saturated carbocycles. The Morgan fingerprint density at radius 2 is 2.08 bits per heavy atom. The molecule has 0 bridgehead atoms. The molecular formula is C19H19N5O. The monoisotopic (exact) mass is 333 g/mol. The van der Waals surface area contributed by atoms with Crippen LogP contribution in [0.5, 0.6) is 0 Å². The van der Waals surface area contributed by atoms with Crippen molar-refractivity contribution in [3.63, 3.8) is 0 Å². The highest BCUT2D eigenvalue weighted by Gasteiger charge is 2.13. The molecular weight excluding hydrogens is 314 g/mol. The zero-order valence-electron chi connectivity index (χ0n) is 13.9. The summed E-state index contributed by atoms with van der Waals surface area (Å²) in [6, 6.07) is 12.0. The third-order valence-corrected chi connectivity index (χ3v) is 4.24. The van der Waals surface area contributed by atoms with Gasteiger partial charge in [-0.05, 0) is 23.8 Å². The molecule has 3 heterocycles. The predicted octanol–water partition coefficient (Wildman–Crippen LogP) is 3.42. The number of nitrogens with zero attached hydrogens (tertiary/aromatic N) is 2. The number of H-pyrrole nitrogens is 1. The topological polar surface area (TPSA) is 88.9 Å². The van der Waals surface area contributed by atoms with Crippen molar-refractivity contribution >= 4 is 33.4 Å². The number of para-hydroxylation sites is 1. The van der Waals surface area contributed by atoms with Crippen LogP contribution in [0, 0.1) is 0 Å². The summed E-state index contributed by atoms with van der Waals surface area (Å²) in [6.07, 6.45) is 3.64. The number of rotatable bonds is 5. The molecule has 0 radical (unpaired) electrons. The molecule has 1 aromatic carbocycles. The lowest BCUT2D eigenvalue weighted by Crippen LogP contribution is -2.09. The number of benzene rings is 1. The van der Waals surface area contributed by atoms with E-state index in [1.807, 2.05) is 36.5 Å². The summed E-state index contributed by atoms with van der Waals surface area (Å²) >= 11 is 0. The molecule has 3 aromatic heterocycles. The lowest BCUT2D eigenvalue weighted by Gasteiger charge is -2.11. The summed E-state index contributed by atoms with van der Waals surface area (Å²) in [5.41, 5.74) is 10.7. The van der Waals surface area contributed by atoms with Crippen molar-refractivity contribution in [2.24, 2.45) is 0 Å². The van der Waals surface area contributed by atoms with Crippen molar-refractivity contribution in [1.82, 2.24) is 15.0 Å². The average molecular weight is 333 g/mol. The minimum atomic E-state index is 0.617. The number of hydrogen-bond acceptors (Lipinski definition) is 5. The average Bonchev–Trinajstić information content (AvgIpc) is 3.10. The molecule has 0 fully saturated rings. The van der Waals surface area contributed by atoms with Gasteiger partial charge in [-0.25, -0.2) is 4.98 Å². The Balaban J connectivity index is 1.91. The number of nitrogens with two attached hydrogens (primary N) is 1. The molecule has 6 heteroatoms. The van der Waals surface area contributed by atoms with Crippen molar-refractivity contribution in [1.29, 1.82) is 0 Å². The summed E-state index contributed by atoms with van der Waals surface area (Å²) in [4.78, 5) is 12.4. The van der Waals surface area contributed by atoms with Gasteiger partial charge in [0.25, 0.3) is 0 Å². The third-order valence-electron chi connectivity index (χ3n) is 4.24. The highest BCUT2D eigenvalue weighted by molar-refractivity contribution is 6.05. The van der Waals surface area contributed by atoms with Gasteiger partial charge >= 0.3 is 0 Å². The van der Waals surface area contributed by atoms with Crippen LogP contribution in [0.15, 0.2) is 48.8 Å². The zero-order chi connectivity index (χ0) is 17.2. The quantitative estimate of drug-likeness (QED) is 0.487. The van der Waals surface area contributed by atoms with Crippen molar-refractivity contribution in [3.05, 3.63) is 48.8 Å². The van der Waals surface area contributed by atoms with E-state index in [2.05, 4.69) is 26.3 Å². The van der Waals surface area contributed by atoms with Gasteiger partial charge in [0.05, 0.1) is 12.1 Å². The van der Waals surface area contributed by atoms with Crippen molar-refractivity contribution in [3.8, 4) is 11.1 Å². The van der Waals surface area contributed by atoms with E-state index < -0.39 is 0 Å². The van der Waals surface area contributed by atoms with Crippen LogP contribution in [-0.4, -0.2) is 35.2 Å². The van der Waals surface area contributed by atoms with Crippen LogP contribution in [0.1, 0.15) is 0 Å². The lowest BCUT2D eigenvalue weighted by atomic mass is 9.99. The van der Waals surface area contributed by atoms with Gasteiger partial charge in [-0.15, -0.1) is 0 Å². The van der Waals surface area contributed by atoms with Crippen molar-refractivity contribution in [2.75, 3.05) is 31.3 Å². The molecule has 0 unspecified atom stereocenters. The molecule has 6 nitrogen and oxygen atoms in total. The molecule has 0 aliphatic carbocycles. The number of hydrogen-bond donors (Lipinski definition) is 3. The van der Waals surface area contributed by atoms with Gasteiger partial charge in [-0.3, -0.25) is 4.98 Å². The van der Waals surface area contributed by atoms with Crippen LogP contribution < -0.4 is 11.1 Å². The molecule has 0 spiro atoms. The van der Waals surface area contributed by atoms with E-state index in [0.29, 0.717) is 13.2 Å². The van der Waals surface area contributed by atoms with Gasteiger partial charge in [0, 0.05) is 48.1 Å². The number of aromatic nitrogens is 3. The van der Waals surface area contributed by atoms with E-state index in [-0.39, 0.29) is 0 Å². The molecule has 126 valence electrons. The van der Waals surface area contributed by atoms with Gasteiger partial charge < -0.3 is 20.8 Å². The van der Waals surface area contributed by atoms with Crippen molar-refractivity contribution in [2.45, 2.75) is 0 Å². The molecule has 0 amide bonds. The maximum atomic E-state index is 6.12. The summed E-state index contributed by atoms with van der Waals surface area (Å²) in [5.74, 6) is 0.794. The molecule has 0 aliphatic rings. The number of methoxy groups -OCH3 is 1. The van der Waals surface area contributed by atoms with Crippen molar-refractivity contribution < 1.29 is 4.74 Å². The van der Waals surface area contributed by atoms with E-state index >= 15 is 0 Å². The number of nitrogen functional groups attached to an aromatic ring is 1. The number of fused-ring (bicyclic) bond motifs is 2. The van der Waals surface area contributed by atoms with Crippen LogP contribution in [0.3, 0.4) is 0 Å². The highest BCUT2D eigenvalue weighted by Crippen LogP contribution is 2.35. The molecule has 0 atom stereocenters.